The fourth-order valence-corrected chi connectivity index (χ4v) is 0.587. The number of aliphatic hydroxyl groups is 1. The summed E-state index contributed by atoms with van der Waals surface area (Å²) in [5, 5.41) is 9.68. The normalized spacial score (nSPS) is 21.9. The minimum atomic E-state index is -1.01. The van der Waals surface area contributed by atoms with Crippen LogP contribution in [-0.2, 0) is 0 Å². The lowest BCUT2D eigenvalue weighted by Gasteiger charge is -2.39. The van der Waals surface area contributed by atoms with Gasteiger partial charge in [0.2, 0.25) is 0 Å². The molecule has 0 amide bonds. The van der Waals surface area contributed by atoms with Crippen LogP contribution in [0.2, 0.25) is 0 Å². The van der Waals surface area contributed by atoms with Gasteiger partial charge < -0.3 is 16.6 Å². The predicted molar refractivity (Wildman–Crippen MR) is 42.5 cm³/mol. The topological polar surface area (TPSA) is 72.3 Å². The first-order valence-electron chi connectivity index (χ1n) is 3.46. The molecule has 0 saturated carbocycles. The van der Waals surface area contributed by atoms with Gasteiger partial charge in [0.15, 0.2) is 0 Å². The molecule has 0 saturated heterocycles. The molecule has 0 aromatic rings. The van der Waals surface area contributed by atoms with Crippen molar-refractivity contribution in [2.24, 2.45) is 11.5 Å². The molecule has 0 aromatic heterocycles. The van der Waals surface area contributed by atoms with Crippen molar-refractivity contribution < 1.29 is 5.11 Å². The van der Waals surface area contributed by atoms with E-state index < -0.39 is 11.1 Å². The van der Waals surface area contributed by atoms with Crippen LogP contribution in [0.3, 0.4) is 0 Å². The Hall–Kier alpha value is -0.120. The lowest BCUT2D eigenvalue weighted by Crippen LogP contribution is -2.62. The van der Waals surface area contributed by atoms with Crippen LogP contribution in [0.25, 0.3) is 0 Å². The van der Waals surface area contributed by atoms with Crippen molar-refractivity contribution in [3.05, 3.63) is 0 Å². The molecule has 62 valence electrons. The van der Waals surface area contributed by atoms with Gasteiger partial charge >= 0.3 is 0 Å². The fourth-order valence-electron chi connectivity index (χ4n) is 0.587. The standard InChI is InChI=1S/C7H18N2O/c1-5(8)7(4,10)6(2,3)9/h5,10H,8-9H2,1-4H3. The van der Waals surface area contributed by atoms with Crippen LogP contribution in [0, 0.1) is 0 Å². The Kier molecular flexibility index (Phi) is 2.46. The molecule has 3 heteroatoms. The van der Waals surface area contributed by atoms with Crippen molar-refractivity contribution >= 4 is 0 Å². The molecular formula is C7H18N2O. The van der Waals surface area contributed by atoms with E-state index >= 15 is 0 Å². The summed E-state index contributed by atoms with van der Waals surface area (Å²) < 4.78 is 0. The molecule has 0 aliphatic heterocycles. The van der Waals surface area contributed by atoms with E-state index in [1.807, 2.05) is 0 Å². The van der Waals surface area contributed by atoms with E-state index in [0.29, 0.717) is 0 Å². The Morgan fingerprint density at radius 2 is 1.60 bits per heavy atom. The molecule has 2 atom stereocenters. The quantitative estimate of drug-likeness (QED) is 0.506. The average Bonchev–Trinajstić information content (AvgIpc) is 1.62. The largest absolute Gasteiger partial charge is 0.387 e. The number of hydrogen-bond donors (Lipinski definition) is 3. The second-order valence-corrected chi connectivity index (χ2v) is 3.66. The van der Waals surface area contributed by atoms with Gasteiger partial charge in [0.05, 0.1) is 5.60 Å². The van der Waals surface area contributed by atoms with Crippen LogP contribution in [0.5, 0.6) is 0 Å². The van der Waals surface area contributed by atoms with E-state index in [2.05, 4.69) is 0 Å². The minimum Gasteiger partial charge on any atom is -0.387 e. The van der Waals surface area contributed by atoms with E-state index in [9.17, 15) is 5.11 Å². The zero-order valence-corrected chi connectivity index (χ0v) is 7.18. The maximum Gasteiger partial charge on any atom is 0.0940 e. The first-order chi connectivity index (χ1) is 4.19. The maximum atomic E-state index is 9.68. The first-order valence-corrected chi connectivity index (χ1v) is 3.46. The minimum absolute atomic E-state index is 0.313. The SMILES string of the molecule is CC(N)C(C)(O)C(C)(C)N. The Bertz CT molecular complexity index is 113. The summed E-state index contributed by atoms with van der Waals surface area (Å²) in [6, 6.07) is -0.313. The fraction of sp³-hybridized carbons (Fsp3) is 1.00. The van der Waals surface area contributed by atoms with E-state index in [-0.39, 0.29) is 6.04 Å². The van der Waals surface area contributed by atoms with Gasteiger partial charge in [0, 0.05) is 11.6 Å². The van der Waals surface area contributed by atoms with Crippen molar-refractivity contribution in [1.82, 2.24) is 0 Å². The third-order valence-electron chi connectivity index (χ3n) is 2.19. The maximum absolute atomic E-state index is 9.68. The highest BCUT2D eigenvalue weighted by Gasteiger charge is 2.39. The molecule has 2 unspecified atom stereocenters. The van der Waals surface area contributed by atoms with Gasteiger partial charge in [-0.1, -0.05) is 0 Å². The molecule has 0 heterocycles. The van der Waals surface area contributed by atoms with Crippen molar-refractivity contribution in [3.8, 4) is 0 Å². The van der Waals surface area contributed by atoms with Gasteiger partial charge in [-0.25, -0.2) is 0 Å². The van der Waals surface area contributed by atoms with Crippen molar-refractivity contribution in [3.63, 3.8) is 0 Å². The van der Waals surface area contributed by atoms with E-state index in [1.165, 1.54) is 0 Å². The molecule has 0 bridgehead atoms. The van der Waals surface area contributed by atoms with Crippen molar-refractivity contribution in [2.75, 3.05) is 0 Å². The first kappa shape index (κ1) is 9.88. The van der Waals surface area contributed by atoms with Crippen molar-refractivity contribution in [1.29, 1.82) is 0 Å². The molecule has 3 nitrogen and oxygen atoms in total. The number of hydrogen-bond acceptors (Lipinski definition) is 3. The molecule has 10 heavy (non-hydrogen) atoms. The van der Waals surface area contributed by atoms with Crippen LogP contribution in [0.4, 0.5) is 0 Å². The summed E-state index contributed by atoms with van der Waals surface area (Å²) in [4.78, 5) is 0. The third kappa shape index (κ3) is 1.68. The summed E-state index contributed by atoms with van der Waals surface area (Å²) in [7, 11) is 0. The molecular weight excluding hydrogens is 128 g/mol. The van der Waals surface area contributed by atoms with Crippen LogP contribution in [0.15, 0.2) is 0 Å². The highest BCUT2D eigenvalue weighted by Crippen LogP contribution is 2.20. The Morgan fingerprint density at radius 3 is 1.60 bits per heavy atom. The van der Waals surface area contributed by atoms with Crippen LogP contribution >= 0.6 is 0 Å². The molecule has 0 aliphatic rings. The van der Waals surface area contributed by atoms with Crippen LogP contribution in [-0.4, -0.2) is 22.3 Å². The van der Waals surface area contributed by atoms with Gasteiger partial charge in [0.1, 0.15) is 0 Å². The van der Waals surface area contributed by atoms with Gasteiger partial charge in [-0.3, -0.25) is 0 Å². The molecule has 0 aromatic carbocycles. The smallest absolute Gasteiger partial charge is 0.0940 e. The highest BCUT2D eigenvalue weighted by atomic mass is 16.3. The predicted octanol–water partition coefficient (Wildman–Crippen LogP) is -0.178. The molecule has 0 rings (SSSR count). The Labute approximate surface area is 62.4 Å². The van der Waals surface area contributed by atoms with E-state index in [0.717, 1.165) is 0 Å². The monoisotopic (exact) mass is 146 g/mol. The Morgan fingerprint density at radius 1 is 1.30 bits per heavy atom. The van der Waals surface area contributed by atoms with E-state index in [4.69, 9.17) is 11.5 Å². The number of nitrogens with two attached hydrogens (primary N) is 2. The average molecular weight is 146 g/mol. The molecule has 5 N–H and O–H groups in total. The lowest BCUT2D eigenvalue weighted by atomic mass is 9.80. The molecule has 0 spiro atoms. The molecule has 0 radical (unpaired) electrons. The Balaban J connectivity index is 4.40. The van der Waals surface area contributed by atoms with Crippen molar-refractivity contribution in [2.45, 2.75) is 44.9 Å². The van der Waals surface area contributed by atoms with Crippen LogP contribution < -0.4 is 11.5 Å². The van der Waals surface area contributed by atoms with Gasteiger partial charge in [-0.15, -0.1) is 0 Å². The van der Waals surface area contributed by atoms with E-state index in [1.54, 1.807) is 27.7 Å². The summed E-state index contributed by atoms with van der Waals surface area (Å²) in [6.07, 6.45) is 0. The van der Waals surface area contributed by atoms with Crippen LogP contribution in [0.1, 0.15) is 27.7 Å². The van der Waals surface area contributed by atoms with Gasteiger partial charge in [-0.2, -0.15) is 0 Å². The zero-order valence-electron chi connectivity index (χ0n) is 7.18. The summed E-state index contributed by atoms with van der Waals surface area (Å²) in [6.45, 7) is 6.92. The molecule has 0 aliphatic carbocycles. The molecule has 0 fully saturated rings. The summed E-state index contributed by atoms with van der Waals surface area (Å²) in [5.41, 5.74) is 9.55. The number of rotatable bonds is 2. The lowest BCUT2D eigenvalue weighted by molar-refractivity contribution is -0.0218. The second-order valence-electron chi connectivity index (χ2n) is 3.66. The van der Waals surface area contributed by atoms with Gasteiger partial charge in [0.25, 0.3) is 0 Å². The van der Waals surface area contributed by atoms with Gasteiger partial charge in [-0.05, 0) is 27.7 Å². The zero-order chi connectivity index (χ0) is 8.58. The second kappa shape index (κ2) is 2.49. The highest BCUT2D eigenvalue weighted by molar-refractivity contribution is 4.99. The summed E-state index contributed by atoms with van der Waals surface area (Å²) >= 11 is 0. The third-order valence-corrected chi connectivity index (χ3v) is 2.19. The summed E-state index contributed by atoms with van der Waals surface area (Å²) in [5.74, 6) is 0.